The molecular weight excluding hydrogens is 370 g/mol. The topological polar surface area (TPSA) is 60.1 Å². The van der Waals surface area contributed by atoms with Crippen LogP contribution < -0.4 is 5.32 Å². The van der Waals surface area contributed by atoms with Crippen LogP contribution in [0.3, 0.4) is 0 Å². The fourth-order valence-electron chi connectivity index (χ4n) is 1.94. The number of nitrogens with one attached hydrogen (secondary N) is 1. The second kappa shape index (κ2) is 6.37. The van der Waals surface area contributed by atoms with Crippen molar-refractivity contribution in [2.45, 2.75) is 6.54 Å². The highest BCUT2D eigenvalue weighted by Crippen LogP contribution is 2.18. The molecule has 1 N–H and O–H groups in total. The summed E-state index contributed by atoms with van der Waals surface area (Å²) in [5.74, 6) is -0.103. The van der Waals surface area contributed by atoms with Crippen LogP contribution in [-0.4, -0.2) is 15.7 Å². The lowest BCUT2D eigenvalue weighted by Crippen LogP contribution is -2.10. The van der Waals surface area contributed by atoms with Crippen molar-refractivity contribution >= 4 is 39.1 Å². The average Bonchev–Trinajstić information content (AvgIpc) is 3.11. The number of hydrogen-bond acceptors (Lipinski definition) is 3. The zero-order valence-corrected chi connectivity index (χ0v) is 13.6. The molecule has 5 nitrogen and oxygen atoms in total. The van der Waals surface area contributed by atoms with Gasteiger partial charge in [-0.2, -0.15) is 5.10 Å². The molecule has 0 atom stereocenters. The smallest absolute Gasteiger partial charge is 0.291 e. The Morgan fingerprint density at radius 2 is 2.14 bits per heavy atom. The van der Waals surface area contributed by atoms with Crippen molar-refractivity contribution in [3.8, 4) is 0 Å². The van der Waals surface area contributed by atoms with Gasteiger partial charge in [0, 0.05) is 11.2 Å². The molecule has 2 heterocycles. The van der Waals surface area contributed by atoms with Crippen LogP contribution in [0.5, 0.6) is 0 Å². The molecule has 0 unspecified atom stereocenters. The number of furan rings is 1. The molecule has 0 spiro atoms. The van der Waals surface area contributed by atoms with Gasteiger partial charge in [0.1, 0.15) is 0 Å². The zero-order valence-electron chi connectivity index (χ0n) is 11.3. The number of benzene rings is 1. The van der Waals surface area contributed by atoms with Crippen molar-refractivity contribution in [1.29, 1.82) is 0 Å². The molecule has 0 aliphatic rings. The second-order valence-electron chi connectivity index (χ2n) is 4.58. The molecule has 2 aromatic heterocycles. The largest absolute Gasteiger partial charge is 0.444 e. The summed E-state index contributed by atoms with van der Waals surface area (Å²) in [6.45, 7) is 0.530. The van der Waals surface area contributed by atoms with Gasteiger partial charge in [-0.1, -0.05) is 29.8 Å². The van der Waals surface area contributed by atoms with Crippen LogP contribution in [-0.2, 0) is 6.54 Å². The minimum atomic E-state index is -0.331. The van der Waals surface area contributed by atoms with Gasteiger partial charge in [-0.05, 0) is 39.7 Å². The van der Waals surface area contributed by atoms with Crippen LogP contribution in [0, 0.1) is 0 Å². The number of hydrogen-bond donors (Lipinski definition) is 1. The van der Waals surface area contributed by atoms with Crippen LogP contribution in [0.15, 0.2) is 57.9 Å². The Morgan fingerprint density at radius 3 is 2.86 bits per heavy atom. The van der Waals surface area contributed by atoms with Gasteiger partial charge in [0.2, 0.25) is 0 Å². The van der Waals surface area contributed by atoms with Gasteiger partial charge in [0.25, 0.3) is 5.91 Å². The summed E-state index contributed by atoms with van der Waals surface area (Å²) >= 11 is 9.28. The van der Waals surface area contributed by atoms with Crippen molar-refractivity contribution in [3.05, 3.63) is 69.8 Å². The molecule has 0 aliphatic carbocycles. The zero-order chi connectivity index (χ0) is 15.5. The van der Waals surface area contributed by atoms with Gasteiger partial charge < -0.3 is 9.73 Å². The number of nitrogens with zero attached hydrogens (tertiary/aromatic N) is 2. The minimum Gasteiger partial charge on any atom is -0.444 e. The summed E-state index contributed by atoms with van der Waals surface area (Å²) in [7, 11) is 0. The predicted octanol–water partition coefficient (Wildman–Crippen LogP) is 4.19. The Morgan fingerprint density at radius 1 is 1.32 bits per heavy atom. The Bertz CT molecular complexity index is 812. The SMILES string of the molecule is O=C(Nc1cnn(Cc2ccccc2Cl)c1)c1ccc(Br)o1. The fourth-order valence-corrected chi connectivity index (χ4v) is 2.45. The quantitative estimate of drug-likeness (QED) is 0.738. The summed E-state index contributed by atoms with van der Waals surface area (Å²) in [4.78, 5) is 12.0. The third kappa shape index (κ3) is 3.40. The Kier molecular flexibility index (Phi) is 4.31. The summed E-state index contributed by atoms with van der Waals surface area (Å²) < 4.78 is 7.41. The highest BCUT2D eigenvalue weighted by atomic mass is 79.9. The van der Waals surface area contributed by atoms with E-state index in [0.717, 1.165) is 5.56 Å². The predicted molar refractivity (Wildman–Crippen MR) is 87.1 cm³/mol. The summed E-state index contributed by atoms with van der Waals surface area (Å²) in [5.41, 5.74) is 1.55. The van der Waals surface area contributed by atoms with Crippen LogP contribution >= 0.6 is 27.5 Å². The van der Waals surface area contributed by atoms with Crippen LogP contribution in [0.4, 0.5) is 5.69 Å². The van der Waals surface area contributed by atoms with E-state index in [4.69, 9.17) is 16.0 Å². The summed E-state index contributed by atoms with van der Waals surface area (Å²) in [5, 5.41) is 7.61. The Labute approximate surface area is 140 Å². The molecule has 0 saturated carbocycles. The highest BCUT2D eigenvalue weighted by Gasteiger charge is 2.12. The van der Waals surface area contributed by atoms with Crippen molar-refractivity contribution in [2.24, 2.45) is 0 Å². The molecule has 1 amide bonds. The van der Waals surface area contributed by atoms with E-state index in [1.54, 1.807) is 29.2 Å². The van der Waals surface area contributed by atoms with Crippen LogP contribution in [0.25, 0.3) is 0 Å². The lowest BCUT2D eigenvalue weighted by atomic mass is 10.2. The molecule has 0 saturated heterocycles. The van der Waals surface area contributed by atoms with E-state index in [2.05, 4.69) is 26.3 Å². The van der Waals surface area contributed by atoms with Gasteiger partial charge in [-0.3, -0.25) is 9.48 Å². The highest BCUT2D eigenvalue weighted by molar-refractivity contribution is 9.10. The van der Waals surface area contributed by atoms with E-state index in [-0.39, 0.29) is 11.7 Å². The molecule has 3 rings (SSSR count). The molecule has 1 aromatic carbocycles. The summed E-state index contributed by atoms with van der Waals surface area (Å²) in [6.07, 6.45) is 3.31. The first-order chi connectivity index (χ1) is 10.6. The first-order valence-electron chi connectivity index (χ1n) is 6.44. The van der Waals surface area contributed by atoms with Gasteiger partial charge in [0.15, 0.2) is 10.4 Å². The minimum absolute atomic E-state index is 0.228. The van der Waals surface area contributed by atoms with E-state index in [1.165, 1.54) is 0 Å². The van der Waals surface area contributed by atoms with Crippen LogP contribution in [0.1, 0.15) is 16.1 Å². The number of rotatable bonds is 4. The third-order valence-electron chi connectivity index (χ3n) is 2.98. The number of aromatic nitrogens is 2. The molecule has 0 radical (unpaired) electrons. The molecule has 0 aliphatic heterocycles. The first kappa shape index (κ1) is 14.9. The fraction of sp³-hybridized carbons (Fsp3) is 0.0667. The molecule has 7 heteroatoms. The third-order valence-corrected chi connectivity index (χ3v) is 3.77. The van der Waals surface area contributed by atoms with Crippen LogP contribution in [0.2, 0.25) is 5.02 Å². The normalized spacial score (nSPS) is 10.6. The van der Waals surface area contributed by atoms with Crippen molar-refractivity contribution < 1.29 is 9.21 Å². The lowest BCUT2D eigenvalue weighted by molar-refractivity contribution is 0.0995. The van der Waals surface area contributed by atoms with Crippen molar-refractivity contribution in [1.82, 2.24) is 9.78 Å². The maximum absolute atomic E-state index is 12.0. The maximum Gasteiger partial charge on any atom is 0.291 e. The van der Waals surface area contributed by atoms with E-state index in [0.29, 0.717) is 21.9 Å². The molecule has 22 heavy (non-hydrogen) atoms. The maximum atomic E-state index is 12.0. The number of amides is 1. The van der Waals surface area contributed by atoms with E-state index >= 15 is 0 Å². The molecule has 112 valence electrons. The molecule has 0 bridgehead atoms. The number of carbonyl (C=O) groups excluding carboxylic acids is 1. The molecule has 0 fully saturated rings. The van der Waals surface area contributed by atoms with Crippen molar-refractivity contribution in [3.63, 3.8) is 0 Å². The number of anilines is 1. The van der Waals surface area contributed by atoms with Gasteiger partial charge >= 0.3 is 0 Å². The first-order valence-corrected chi connectivity index (χ1v) is 7.61. The standard InChI is InChI=1S/C15H11BrClN3O2/c16-14-6-5-13(22-14)15(21)19-11-7-18-20(9-11)8-10-3-1-2-4-12(10)17/h1-7,9H,8H2,(H,19,21). The van der Waals surface area contributed by atoms with E-state index in [1.807, 2.05) is 24.3 Å². The van der Waals surface area contributed by atoms with Gasteiger partial charge in [-0.25, -0.2) is 0 Å². The molecular formula is C15H11BrClN3O2. The van der Waals surface area contributed by atoms with E-state index in [9.17, 15) is 4.79 Å². The number of carbonyl (C=O) groups is 1. The lowest BCUT2D eigenvalue weighted by Gasteiger charge is -2.03. The Hall–Kier alpha value is -2.05. The monoisotopic (exact) mass is 379 g/mol. The van der Waals surface area contributed by atoms with Gasteiger partial charge in [-0.15, -0.1) is 0 Å². The summed E-state index contributed by atoms with van der Waals surface area (Å²) in [6, 6.07) is 10.8. The number of halogens is 2. The van der Waals surface area contributed by atoms with E-state index < -0.39 is 0 Å². The second-order valence-corrected chi connectivity index (χ2v) is 5.76. The molecule has 3 aromatic rings. The van der Waals surface area contributed by atoms with Crippen molar-refractivity contribution in [2.75, 3.05) is 5.32 Å². The Balaban J connectivity index is 1.69. The van der Waals surface area contributed by atoms with Gasteiger partial charge in [0.05, 0.1) is 18.4 Å². The average molecular weight is 381 g/mol.